The van der Waals surface area contributed by atoms with Gasteiger partial charge in [-0.3, -0.25) is 0 Å². The predicted molar refractivity (Wildman–Crippen MR) is 57.9 cm³/mol. The Morgan fingerprint density at radius 3 is 2.82 bits per heavy atom. The van der Waals surface area contributed by atoms with Crippen molar-refractivity contribution in [3.05, 3.63) is 29.3 Å². The number of rotatable bonds is 3. The lowest BCUT2D eigenvalue weighted by atomic mass is 10.1. The summed E-state index contributed by atoms with van der Waals surface area (Å²) in [4.78, 5) is 0. The van der Waals surface area contributed by atoms with E-state index in [1.54, 1.807) is 6.07 Å². The topological polar surface area (TPSA) is 21.3 Å². The zero-order valence-corrected chi connectivity index (χ0v) is 9.47. The van der Waals surface area contributed by atoms with Gasteiger partial charge in [-0.2, -0.15) is 0 Å². The molecule has 1 unspecified atom stereocenters. The van der Waals surface area contributed by atoms with Crippen molar-refractivity contribution in [1.29, 1.82) is 0 Å². The summed E-state index contributed by atoms with van der Waals surface area (Å²) in [6, 6.07) is 4.99. The van der Waals surface area contributed by atoms with E-state index in [0.29, 0.717) is 12.0 Å². The van der Waals surface area contributed by atoms with Gasteiger partial charge in [0.05, 0.1) is 0 Å². The Balaban J connectivity index is 2.27. The molecular formula is C12H14F3NO. The largest absolute Gasteiger partial charge is 0.573 e. The lowest BCUT2D eigenvalue weighted by molar-refractivity contribution is -0.274. The molecule has 0 heterocycles. The summed E-state index contributed by atoms with van der Waals surface area (Å²) in [5.74, 6) is -0.0598. The maximum atomic E-state index is 12.2. The zero-order chi connectivity index (χ0) is 12.5. The smallest absolute Gasteiger partial charge is 0.405 e. The van der Waals surface area contributed by atoms with Crippen molar-refractivity contribution in [2.45, 2.75) is 32.2 Å². The Bertz CT molecular complexity index is 403. The van der Waals surface area contributed by atoms with Crippen LogP contribution >= 0.6 is 0 Å². The molecule has 0 saturated heterocycles. The van der Waals surface area contributed by atoms with Gasteiger partial charge in [-0.05, 0) is 36.6 Å². The van der Waals surface area contributed by atoms with Gasteiger partial charge in [-0.1, -0.05) is 19.1 Å². The van der Waals surface area contributed by atoms with E-state index in [1.165, 1.54) is 6.07 Å². The summed E-state index contributed by atoms with van der Waals surface area (Å²) in [5, 5.41) is 3.25. The minimum atomic E-state index is -4.62. The average molecular weight is 245 g/mol. The molecule has 0 aromatic heterocycles. The highest BCUT2D eigenvalue weighted by Gasteiger charge is 2.34. The van der Waals surface area contributed by atoms with E-state index >= 15 is 0 Å². The number of benzene rings is 1. The van der Waals surface area contributed by atoms with Crippen molar-refractivity contribution in [1.82, 2.24) is 5.32 Å². The third kappa shape index (κ3) is 2.72. The molecule has 17 heavy (non-hydrogen) atoms. The fourth-order valence-electron chi connectivity index (χ4n) is 2.30. The molecule has 0 spiro atoms. The van der Waals surface area contributed by atoms with E-state index < -0.39 is 6.36 Å². The quantitative estimate of drug-likeness (QED) is 0.883. The van der Waals surface area contributed by atoms with Crippen LogP contribution in [0.15, 0.2) is 18.2 Å². The lowest BCUT2D eigenvalue weighted by Gasteiger charge is -2.15. The molecule has 94 valence electrons. The molecule has 2 rings (SSSR count). The first-order chi connectivity index (χ1) is 8.01. The van der Waals surface area contributed by atoms with Crippen LogP contribution in [0.25, 0.3) is 0 Å². The van der Waals surface area contributed by atoms with Crippen LogP contribution in [-0.4, -0.2) is 12.9 Å². The molecule has 1 aromatic rings. The van der Waals surface area contributed by atoms with Crippen molar-refractivity contribution in [2.24, 2.45) is 0 Å². The minimum Gasteiger partial charge on any atom is -0.405 e. The van der Waals surface area contributed by atoms with Crippen LogP contribution in [-0.2, 0) is 6.42 Å². The summed E-state index contributed by atoms with van der Waals surface area (Å²) in [6.07, 6.45) is -3.17. The maximum absolute atomic E-state index is 12.2. The van der Waals surface area contributed by atoms with Gasteiger partial charge in [-0.15, -0.1) is 13.2 Å². The van der Waals surface area contributed by atoms with Crippen molar-refractivity contribution in [3.63, 3.8) is 0 Å². The average Bonchev–Trinajstić information content (AvgIpc) is 2.61. The Hall–Kier alpha value is -1.23. The summed E-state index contributed by atoms with van der Waals surface area (Å²) in [6.45, 7) is 2.78. The molecule has 5 heteroatoms. The molecule has 1 aromatic carbocycles. The van der Waals surface area contributed by atoms with Crippen molar-refractivity contribution < 1.29 is 17.9 Å². The van der Waals surface area contributed by atoms with Crippen LogP contribution in [0, 0.1) is 0 Å². The van der Waals surface area contributed by atoms with Crippen LogP contribution in [0.2, 0.25) is 0 Å². The molecular weight excluding hydrogens is 231 g/mol. The van der Waals surface area contributed by atoms with Crippen molar-refractivity contribution in [2.75, 3.05) is 6.54 Å². The first kappa shape index (κ1) is 12.2. The molecule has 0 amide bonds. The molecule has 0 bridgehead atoms. The third-order valence-electron chi connectivity index (χ3n) is 2.90. The second kappa shape index (κ2) is 4.56. The van der Waals surface area contributed by atoms with E-state index in [1.807, 2.05) is 13.0 Å². The molecule has 0 aliphatic heterocycles. The summed E-state index contributed by atoms with van der Waals surface area (Å²) in [7, 11) is 0. The van der Waals surface area contributed by atoms with Gasteiger partial charge < -0.3 is 10.1 Å². The second-order valence-corrected chi connectivity index (χ2v) is 4.02. The number of halogens is 3. The first-order valence-electron chi connectivity index (χ1n) is 5.62. The van der Waals surface area contributed by atoms with E-state index in [-0.39, 0.29) is 11.8 Å². The van der Waals surface area contributed by atoms with Gasteiger partial charge in [0.15, 0.2) is 0 Å². The van der Waals surface area contributed by atoms with Gasteiger partial charge in [0.1, 0.15) is 5.75 Å². The lowest BCUT2D eigenvalue weighted by Crippen LogP contribution is -2.19. The minimum absolute atomic E-state index is 0.0598. The SMILES string of the molecule is CCNC1CCc2c(OC(F)(F)F)cccc21. The Morgan fingerprint density at radius 2 is 2.18 bits per heavy atom. The number of nitrogens with one attached hydrogen (secondary N) is 1. The van der Waals surface area contributed by atoms with Crippen LogP contribution in [0.1, 0.15) is 30.5 Å². The first-order valence-corrected chi connectivity index (χ1v) is 5.62. The monoisotopic (exact) mass is 245 g/mol. The summed E-state index contributed by atoms with van der Waals surface area (Å²) < 4.78 is 40.7. The zero-order valence-electron chi connectivity index (χ0n) is 9.47. The van der Waals surface area contributed by atoms with E-state index in [4.69, 9.17) is 0 Å². The van der Waals surface area contributed by atoms with Gasteiger partial charge >= 0.3 is 6.36 Å². The fourth-order valence-corrected chi connectivity index (χ4v) is 2.30. The van der Waals surface area contributed by atoms with Gasteiger partial charge in [-0.25, -0.2) is 0 Å². The summed E-state index contributed by atoms with van der Waals surface area (Å²) >= 11 is 0. The van der Waals surface area contributed by atoms with E-state index in [0.717, 1.165) is 18.5 Å². The molecule has 2 nitrogen and oxygen atoms in total. The predicted octanol–water partition coefficient (Wildman–Crippen LogP) is 3.18. The van der Waals surface area contributed by atoms with Crippen molar-refractivity contribution in [3.8, 4) is 5.75 Å². The maximum Gasteiger partial charge on any atom is 0.573 e. The van der Waals surface area contributed by atoms with Crippen molar-refractivity contribution >= 4 is 0 Å². The molecule has 1 aliphatic rings. The van der Waals surface area contributed by atoms with E-state index in [2.05, 4.69) is 10.1 Å². The molecule has 1 atom stereocenters. The molecule has 0 radical (unpaired) electrons. The highest BCUT2D eigenvalue weighted by molar-refractivity contribution is 5.45. The number of fused-ring (bicyclic) bond motifs is 1. The van der Waals surface area contributed by atoms with E-state index in [9.17, 15) is 13.2 Å². The molecule has 1 N–H and O–H groups in total. The molecule has 1 aliphatic carbocycles. The fraction of sp³-hybridized carbons (Fsp3) is 0.500. The molecule has 0 fully saturated rings. The highest BCUT2D eigenvalue weighted by atomic mass is 19.4. The number of hydrogen-bond donors (Lipinski definition) is 1. The van der Waals surface area contributed by atoms with Crippen LogP contribution in [0.5, 0.6) is 5.75 Å². The second-order valence-electron chi connectivity index (χ2n) is 4.02. The Labute approximate surface area is 97.8 Å². The third-order valence-corrected chi connectivity index (χ3v) is 2.90. The standard InChI is InChI=1S/C12H14F3NO/c1-2-16-10-7-6-9-8(10)4-3-5-11(9)17-12(13,14)15/h3-5,10,16H,2,6-7H2,1H3. The van der Waals surface area contributed by atoms with Crippen LogP contribution in [0.4, 0.5) is 13.2 Å². The number of alkyl halides is 3. The van der Waals surface area contributed by atoms with Gasteiger partial charge in [0.25, 0.3) is 0 Å². The Kier molecular flexibility index (Phi) is 3.28. The Morgan fingerprint density at radius 1 is 1.41 bits per heavy atom. The van der Waals surface area contributed by atoms with Gasteiger partial charge in [0.2, 0.25) is 0 Å². The van der Waals surface area contributed by atoms with Gasteiger partial charge in [0, 0.05) is 6.04 Å². The molecule has 0 saturated carbocycles. The normalized spacial score (nSPS) is 19.2. The number of hydrogen-bond acceptors (Lipinski definition) is 2. The highest BCUT2D eigenvalue weighted by Crippen LogP contribution is 2.38. The number of ether oxygens (including phenoxy) is 1. The van der Waals surface area contributed by atoms with Crippen LogP contribution < -0.4 is 10.1 Å². The van der Waals surface area contributed by atoms with Crippen LogP contribution in [0.3, 0.4) is 0 Å². The summed E-state index contributed by atoms with van der Waals surface area (Å²) in [5.41, 5.74) is 1.60.